The average molecular weight is 271 g/mol. The van der Waals surface area contributed by atoms with Gasteiger partial charge in [-0.05, 0) is 28.9 Å². The number of aryl methyl sites for hydroxylation is 1. The fourth-order valence-corrected chi connectivity index (χ4v) is 0.922. The minimum atomic E-state index is -0.280. The molecule has 0 fully saturated rings. The van der Waals surface area contributed by atoms with Crippen LogP contribution in [0.1, 0.15) is 5.69 Å². The molecule has 0 bridgehead atoms. The number of rotatable bonds is 0. The van der Waals surface area contributed by atoms with Gasteiger partial charge in [0.2, 0.25) is 0 Å². The number of halogens is 3. The van der Waals surface area contributed by atoms with Crippen molar-refractivity contribution in [3.8, 4) is 0 Å². The fourth-order valence-electron chi connectivity index (χ4n) is 0.517. The fraction of sp³-hybridized carbons (Fsp3) is 0.167. The number of pyridine rings is 1. The lowest BCUT2D eigenvalue weighted by atomic mass is 10.4. The normalized spacial score (nSPS) is 8.70. The van der Waals surface area contributed by atoms with E-state index in [9.17, 15) is 4.39 Å². The van der Waals surface area contributed by atoms with Gasteiger partial charge in [-0.1, -0.05) is 0 Å². The van der Waals surface area contributed by atoms with E-state index in [1.165, 1.54) is 0 Å². The molecule has 0 amide bonds. The number of aromatic nitrogens is 1. The summed E-state index contributed by atoms with van der Waals surface area (Å²) in [7, 11) is 0. The lowest BCUT2D eigenvalue weighted by Gasteiger charge is -1.94. The van der Waals surface area contributed by atoms with Crippen LogP contribution in [0.25, 0.3) is 0 Å². The van der Waals surface area contributed by atoms with Crippen LogP contribution in [-0.4, -0.2) is 4.98 Å². The van der Waals surface area contributed by atoms with E-state index in [-0.39, 0.29) is 22.8 Å². The van der Waals surface area contributed by atoms with Crippen LogP contribution in [0.5, 0.6) is 0 Å². The minimum Gasteiger partial charge on any atom is -0.258 e. The maximum absolute atomic E-state index is 12.6. The second-order valence-electron chi connectivity index (χ2n) is 1.69. The molecule has 1 rings (SSSR count). The molecule has 0 aliphatic rings. The van der Waals surface area contributed by atoms with Gasteiger partial charge >= 0.3 is 0 Å². The summed E-state index contributed by atoms with van der Waals surface area (Å²) in [6, 6.07) is 1.57. The molecule has 0 aliphatic heterocycles. The van der Waals surface area contributed by atoms with Gasteiger partial charge in [-0.2, -0.15) is 0 Å². The lowest BCUT2D eigenvalue weighted by Crippen LogP contribution is -1.86. The largest absolute Gasteiger partial charge is 0.258 e. The molecule has 0 aromatic carbocycles. The van der Waals surface area contributed by atoms with Crippen molar-refractivity contribution >= 4 is 32.9 Å². The van der Waals surface area contributed by atoms with Crippen LogP contribution in [0.2, 0.25) is 0 Å². The lowest BCUT2D eigenvalue weighted by molar-refractivity contribution is 0.603. The summed E-state index contributed by atoms with van der Waals surface area (Å²) >= 11 is 3.03. The molecule has 0 saturated carbocycles. The Labute approximate surface area is 77.6 Å². The Morgan fingerprint density at radius 2 is 2.20 bits per heavy atom. The van der Waals surface area contributed by atoms with Gasteiger partial charge in [0.1, 0.15) is 0 Å². The van der Waals surface area contributed by atoms with Gasteiger partial charge in [-0.25, -0.2) is 4.39 Å². The highest BCUT2D eigenvalue weighted by Crippen LogP contribution is 2.14. The van der Waals surface area contributed by atoms with Crippen LogP contribution < -0.4 is 0 Å². The summed E-state index contributed by atoms with van der Waals surface area (Å²) in [5.41, 5.74) is 0.421. The van der Waals surface area contributed by atoms with Gasteiger partial charge in [-0.15, -0.1) is 17.0 Å². The van der Waals surface area contributed by atoms with Crippen LogP contribution in [0, 0.1) is 12.7 Å². The topological polar surface area (TPSA) is 12.9 Å². The predicted octanol–water partition coefficient (Wildman–Crippen LogP) is 2.87. The van der Waals surface area contributed by atoms with Crippen molar-refractivity contribution in [2.75, 3.05) is 0 Å². The molecule has 0 aliphatic carbocycles. The van der Waals surface area contributed by atoms with Crippen molar-refractivity contribution in [3.63, 3.8) is 0 Å². The van der Waals surface area contributed by atoms with E-state index < -0.39 is 0 Å². The van der Waals surface area contributed by atoms with Gasteiger partial charge in [-0.3, -0.25) is 4.98 Å². The Bertz CT molecular complexity index is 207. The number of hydrogen-bond donors (Lipinski definition) is 0. The third-order valence-corrected chi connectivity index (χ3v) is 1.63. The second-order valence-corrected chi connectivity index (χ2v) is 2.55. The van der Waals surface area contributed by atoms with Crippen molar-refractivity contribution in [2.45, 2.75) is 6.92 Å². The van der Waals surface area contributed by atoms with Crippen LogP contribution in [-0.2, 0) is 0 Å². The highest BCUT2D eigenvalue weighted by atomic mass is 79.9. The molecule has 1 aromatic rings. The monoisotopic (exact) mass is 269 g/mol. The Morgan fingerprint density at radius 1 is 1.60 bits per heavy atom. The summed E-state index contributed by atoms with van der Waals surface area (Å²) < 4.78 is 13.1. The first-order valence-corrected chi connectivity index (χ1v) is 3.27. The Balaban J connectivity index is 0.000000810. The van der Waals surface area contributed by atoms with Crippen LogP contribution >= 0.6 is 32.9 Å². The Hall–Kier alpha value is 0.0400. The maximum Gasteiger partial charge on any atom is 0.158 e. The molecule has 0 spiro atoms. The van der Waals surface area contributed by atoms with Crippen molar-refractivity contribution in [1.82, 2.24) is 4.98 Å². The molecule has 10 heavy (non-hydrogen) atoms. The van der Waals surface area contributed by atoms with E-state index in [4.69, 9.17) is 0 Å². The zero-order valence-electron chi connectivity index (χ0n) is 5.27. The SMILES string of the molecule is Br.Cc1nccc(Br)c1F. The number of nitrogens with zero attached hydrogens (tertiary/aromatic N) is 1. The molecule has 0 saturated heterocycles. The smallest absolute Gasteiger partial charge is 0.158 e. The number of hydrogen-bond acceptors (Lipinski definition) is 1. The molecular weight excluding hydrogens is 265 g/mol. The van der Waals surface area contributed by atoms with Gasteiger partial charge in [0.05, 0.1) is 10.2 Å². The highest BCUT2D eigenvalue weighted by Gasteiger charge is 1.99. The summed E-state index contributed by atoms with van der Waals surface area (Å²) in [6.45, 7) is 1.63. The van der Waals surface area contributed by atoms with E-state index >= 15 is 0 Å². The predicted molar refractivity (Wildman–Crippen MR) is 47.0 cm³/mol. The van der Waals surface area contributed by atoms with E-state index in [1.807, 2.05) is 0 Å². The van der Waals surface area contributed by atoms with E-state index in [0.29, 0.717) is 10.2 Å². The standard InChI is InChI=1S/C6H5BrFN.BrH/c1-4-6(8)5(7)2-3-9-4;/h2-3H,1H3;1H. The Morgan fingerprint density at radius 3 is 2.60 bits per heavy atom. The molecule has 1 aromatic heterocycles. The molecule has 56 valence electrons. The highest BCUT2D eigenvalue weighted by molar-refractivity contribution is 9.10. The summed E-state index contributed by atoms with van der Waals surface area (Å²) in [4.78, 5) is 3.73. The molecule has 0 N–H and O–H groups in total. The van der Waals surface area contributed by atoms with Crippen LogP contribution in [0.3, 0.4) is 0 Å². The van der Waals surface area contributed by atoms with Crippen molar-refractivity contribution in [2.24, 2.45) is 0 Å². The third kappa shape index (κ3) is 2.02. The summed E-state index contributed by atoms with van der Waals surface area (Å²) in [5, 5.41) is 0. The van der Waals surface area contributed by atoms with Crippen LogP contribution in [0.4, 0.5) is 4.39 Å². The van der Waals surface area contributed by atoms with Gasteiger partial charge in [0, 0.05) is 6.20 Å². The molecule has 0 atom stereocenters. The molecule has 4 heteroatoms. The van der Waals surface area contributed by atoms with Crippen molar-refractivity contribution in [3.05, 3.63) is 28.2 Å². The summed E-state index contributed by atoms with van der Waals surface area (Å²) in [6.07, 6.45) is 1.56. The quantitative estimate of drug-likeness (QED) is 0.707. The summed E-state index contributed by atoms with van der Waals surface area (Å²) in [5.74, 6) is -0.280. The van der Waals surface area contributed by atoms with Gasteiger partial charge < -0.3 is 0 Å². The van der Waals surface area contributed by atoms with E-state index in [0.717, 1.165) is 0 Å². The molecule has 0 unspecified atom stereocenters. The first-order chi connectivity index (χ1) is 4.22. The maximum atomic E-state index is 12.6. The zero-order valence-corrected chi connectivity index (χ0v) is 8.57. The van der Waals surface area contributed by atoms with Gasteiger partial charge in [0.25, 0.3) is 0 Å². The zero-order chi connectivity index (χ0) is 6.85. The minimum absolute atomic E-state index is 0. The Kier molecular flexibility index (Phi) is 4.05. The molecule has 1 heterocycles. The first kappa shape index (κ1) is 10.0. The van der Waals surface area contributed by atoms with Crippen molar-refractivity contribution < 1.29 is 4.39 Å². The average Bonchev–Trinajstić information content (AvgIpc) is 1.83. The molecule has 1 nitrogen and oxygen atoms in total. The van der Waals surface area contributed by atoms with Gasteiger partial charge in [0.15, 0.2) is 5.82 Å². The third-order valence-electron chi connectivity index (χ3n) is 1.02. The molecular formula is C6H6Br2FN. The van der Waals surface area contributed by atoms with Crippen LogP contribution in [0.15, 0.2) is 16.7 Å². The van der Waals surface area contributed by atoms with E-state index in [2.05, 4.69) is 20.9 Å². The second kappa shape index (κ2) is 4.03. The first-order valence-electron chi connectivity index (χ1n) is 2.48. The molecule has 0 radical (unpaired) electrons. The van der Waals surface area contributed by atoms with Crippen molar-refractivity contribution in [1.29, 1.82) is 0 Å². The van der Waals surface area contributed by atoms with E-state index in [1.54, 1.807) is 19.2 Å².